The number of nitrogens with zero attached hydrogens (tertiary/aromatic N) is 4. The summed E-state index contributed by atoms with van der Waals surface area (Å²) in [6.45, 7) is 0. The molecule has 2 heterocycles. The van der Waals surface area contributed by atoms with Crippen LogP contribution in [-0.4, -0.2) is 38.0 Å². The Hall–Kier alpha value is -1.97. The lowest BCUT2D eigenvalue weighted by molar-refractivity contribution is -0.402. The molecule has 0 atom stereocenters. The number of ether oxygens (including phenoxy) is 2. The van der Waals surface area contributed by atoms with E-state index in [0.717, 1.165) is 18.8 Å². The second-order valence-electron chi connectivity index (χ2n) is 3.97. The Morgan fingerprint density at radius 1 is 1.26 bits per heavy atom. The third kappa shape index (κ3) is 1.70. The van der Waals surface area contributed by atoms with Crippen LogP contribution >= 0.6 is 0 Å². The average molecular weight is 270 g/mol. The fourth-order valence-electron chi connectivity index (χ4n) is 1.86. The highest BCUT2D eigenvalue weighted by molar-refractivity contribution is 5.69. The molecule has 0 aliphatic rings. The Bertz CT molecular complexity index is 737. The van der Waals surface area contributed by atoms with Gasteiger partial charge in [0.05, 0.1) is 6.33 Å². The second kappa shape index (κ2) is 4.30. The monoisotopic (exact) mass is 270 g/mol. The van der Waals surface area contributed by atoms with Gasteiger partial charge in [0.15, 0.2) is 11.2 Å². The van der Waals surface area contributed by atoms with E-state index in [4.69, 9.17) is 9.47 Å². The van der Waals surface area contributed by atoms with Gasteiger partial charge in [-0.05, 0) is 0 Å². The number of rotatable bonds is 3. The number of hydrogen-bond donors (Lipinski definition) is 1. The van der Waals surface area contributed by atoms with E-state index in [9.17, 15) is 14.7 Å². The molecule has 0 saturated heterocycles. The highest BCUT2D eigenvalue weighted by Crippen LogP contribution is 2.11. The van der Waals surface area contributed by atoms with Crippen molar-refractivity contribution in [2.45, 2.75) is 6.10 Å². The molecule has 2 aromatic heterocycles. The van der Waals surface area contributed by atoms with Crippen molar-refractivity contribution in [1.82, 2.24) is 18.7 Å². The van der Waals surface area contributed by atoms with E-state index < -0.39 is 17.3 Å². The normalized spacial score (nSPS) is 12.3. The third-order valence-corrected chi connectivity index (χ3v) is 2.93. The summed E-state index contributed by atoms with van der Waals surface area (Å²) in [5.41, 5.74) is -1.20. The summed E-state index contributed by atoms with van der Waals surface area (Å²) in [4.78, 5) is 28.4. The maximum absolute atomic E-state index is 12.3. The SMILES string of the molecule is COC(O)(OC)n1c(=O)c2c(ncn2C)n(C)c1=O. The molecule has 0 fully saturated rings. The van der Waals surface area contributed by atoms with E-state index in [2.05, 4.69) is 4.98 Å². The summed E-state index contributed by atoms with van der Waals surface area (Å²) < 4.78 is 12.5. The molecule has 0 amide bonds. The third-order valence-electron chi connectivity index (χ3n) is 2.93. The zero-order valence-electron chi connectivity index (χ0n) is 10.9. The summed E-state index contributed by atoms with van der Waals surface area (Å²) in [7, 11) is 5.26. The number of hydrogen-bond acceptors (Lipinski definition) is 6. The van der Waals surface area contributed by atoms with Crippen LogP contribution in [-0.2, 0) is 29.7 Å². The van der Waals surface area contributed by atoms with E-state index >= 15 is 0 Å². The van der Waals surface area contributed by atoms with Crippen LogP contribution in [0.1, 0.15) is 0 Å². The predicted octanol–water partition coefficient (Wildman–Crippen LogP) is -1.71. The van der Waals surface area contributed by atoms with Crippen molar-refractivity contribution in [1.29, 1.82) is 0 Å². The van der Waals surface area contributed by atoms with Crippen LogP contribution in [0.2, 0.25) is 0 Å². The molecule has 0 unspecified atom stereocenters. The first-order valence-electron chi connectivity index (χ1n) is 5.33. The minimum atomic E-state index is -2.47. The van der Waals surface area contributed by atoms with Gasteiger partial charge in [-0.15, -0.1) is 0 Å². The fraction of sp³-hybridized carbons (Fsp3) is 0.500. The number of imidazole rings is 1. The predicted molar refractivity (Wildman–Crippen MR) is 64.4 cm³/mol. The van der Waals surface area contributed by atoms with Crippen molar-refractivity contribution in [3.05, 3.63) is 27.2 Å². The minimum Gasteiger partial charge on any atom is -0.328 e. The van der Waals surface area contributed by atoms with Crippen LogP contribution in [0, 0.1) is 0 Å². The summed E-state index contributed by atoms with van der Waals surface area (Å²) in [6.07, 6.45) is -1.07. The summed E-state index contributed by atoms with van der Waals surface area (Å²) >= 11 is 0. The highest BCUT2D eigenvalue weighted by atomic mass is 16.8. The van der Waals surface area contributed by atoms with E-state index in [-0.39, 0.29) is 11.2 Å². The number of aryl methyl sites for hydroxylation is 2. The van der Waals surface area contributed by atoms with Gasteiger partial charge in [0.25, 0.3) is 5.56 Å². The van der Waals surface area contributed by atoms with Gasteiger partial charge in [-0.2, -0.15) is 4.57 Å². The maximum atomic E-state index is 12.3. The molecule has 104 valence electrons. The van der Waals surface area contributed by atoms with E-state index in [1.54, 1.807) is 7.05 Å². The lowest BCUT2D eigenvalue weighted by Gasteiger charge is -2.25. The van der Waals surface area contributed by atoms with Crippen LogP contribution in [0.4, 0.5) is 0 Å². The first-order valence-corrected chi connectivity index (χ1v) is 5.33. The maximum Gasteiger partial charge on any atom is 0.384 e. The summed E-state index contributed by atoms with van der Waals surface area (Å²) in [6, 6.07) is 0. The van der Waals surface area contributed by atoms with E-state index in [1.807, 2.05) is 0 Å². The Morgan fingerprint density at radius 3 is 2.37 bits per heavy atom. The van der Waals surface area contributed by atoms with Crippen molar-refractivity contribution in [2.75, 3.05) is 14.2 Å². The van der Waals surface area contributed by atoms with Gasteiger partial charge in [0.2, 0.25) is 0 Å². The van der Waals surface area contributed by atoms with Crippen molar-refractivity contribution in [3.8, 4) is 0 Å². The van der Waals surface area contributed by atoms with Gasteiger partial charge in [-0.1, -0.05) is 0 Å². The molecule has 2 aromatic rings. The molecule has 0 bridgehead atoms. The van der Waals surface area contributed by atoms with Crippen molar-refractivity contribution >= 4 is 11.2 Å². The lowest BCUT2D eigenvalue weighted by atomic mass is 10.5. The minimum absolute atomic E-state index is 0.148. The molecule has 1 N–H and O–H groups in total. The van der Waals surface area contributed by atoms with Gasteiger partial charge in [0.1, 0.15) is 0 Å². The number of methoxy groups -OCH3 is 2. The number of aliphatic hydroxyl groups is 1. The van der Waals surface area contributed by atoms with Crippen LogP contribution in [0.3, 0.4) is 0 Å². The topological polar surface area (TPSA) is 101 Å². The Morgan fingerprint density at radius 2 is 1.84 bits per heavy atom. The average Bonchev–Trinajstić information content (AvgIpc) is 2.78. The number of aromatic nitrogens is 4. The van der Waals surface area contributed by atoms with E-state index in [0.29, 0.717) is 4.57 Å². The zero-order chi connectivity index (χ0) is 14.4. The first kappa shape index (κ1) is 13.5. The summed E-state index contributed by atoms with van der Waals surface area (Å²) in [5, 5.41) is 10.0. The standard InChI is InChI=1S/C10H14N4O5/c1-12-5-11-7-6(12)8(15)14(9(16)13(7)2)10(17,18-3)19-4/h5,17H,1-4H3. The Labute approximate surface area is 107 Å². The molecule has 0 aliphatic carbocycles. The molecular weight excluding hydrogens is 256 g/mol. The quantitative estimate of drug-likeness (QED) is 0.666. The van der Waals surface area contributed by atoms with Gasteiger partial charge in [-0.25, -0.2) is 9.78 Å². The molecule has 0 saturated carbocycles. The molecule has 2 rings (SSSR count). The molecule has 9 heteroatoms. The largest absolute Gasteiger partial charge is 0.384 e. The van der Waals surface area contributed by atoms with Crippen LogP contribution in [0.15, 0.2) is 15.9 Å². The Balaban J connectivity index is 3.02. The molecular formula is C10H14N4O5. The smallest absolute Gasteiger partial charge is 0.328 e. The van der Waals surface area contributed by atoms with Crippen molar-refractivity contribution in [3.63, 3.8) is 0 Å². The zero-order valence-corrected chi connectivity index (χ0v) is 10.9. The fourth-order valence-corrected chi connectivity index (χ4v) is 1.86. The number of fused-ring (bicyclic) bond motifs is 1. The van der Waals surface area contributed by atoms with Crippen molar-refractivity contribution < 1.29 is 14.6 Å². The van der Waals surface area contributed by atoms with Gasteiger partial charge in [-0.3, -0.25) is 9.36 Å². The Kier molecular flexibility index (Phi) is 3.04. The molecule has 0 radical (unpaired) electrons. The molecule has 0 spiro atoms. The highest BCUT2D eigenvalue weighted by Gasteiger charge is 2.35. The summed E-state index contributed by atoms with van der Waals surface area (Å²) in [5.74, 6) is 0. The van der Waals surface area contributed by atoms with Crippen LogP contribution in [0.25, 0.3) is 11.2 Å². The van der Waals surface area contributed by atoms with Gasteiger partial charge < -0.3 is 19.1 Å². The first-order chi connectivity index (χ1) is 8.87. The molecule has 0 aromatic carbocycles. The molecule has 9 nitrogen and oxygen atoms in total. The second-order valence-corrected chi connectivity index (χ2v) is 3.97. The van der Waals surface area contributed by atoms with E-state index in [1.165, 1.54) is 17.9 Å². The van der Waals surface area contributed by atoms with Crippen LogP contribution < -0.4 is 11.2 Å². The molecule has 0 aliphatic heterocycles. The van der Waals surface area contributed by atoms with Gasteiger partial charge >= 0.3 is 11.8 Å². The van der Waals surface area contributed by atoms with Crippen LogP contribution in [0.5, 0.6) is 0 Å². The molecule has 19 heavy (non-hydrogen) atoms. The van der Waals surface area contributed by atoms with Gasteiger partial charge in [0, 0.05) is 28.3 Å². The lowest BCUT2D eigenvalue weighted by Crippen LogP contribution is -2.53. The van der Waals surface area contributed by atoms with Crippen molar-refractivity contribution in [2.24, 2.45) is 14.1 Å².